The molecule has 3 aliphatic rings. The van der Waals surface area contributed by atoms with E-state index < -0.39 is 0 Å². The van der Waals surface area contributed by atoms with Crippen LogP contribution in [0, 0.1) is 11.8 Å². The van der Waals surface area contributed by atoms with Crippen molar-refractivity contribution in [3.05, 3.63) is 0 Å². The highest BCUT2D eigenvalue weighted by Crippen LogP contribution is 2.35. The van der Waals surface area contributed by atoms with Gasteiger partial charge < -0.3 is 4.90 Å². The van der Waals surface area contributed by atoms with E-state index >= 15 is 0 Å². The number of hydrogen-bond acceptors (Lipinski definition) is 2. The molecule has 2 atom stereocenters. The van der Waals surface area contributed by atoms with Crippen LogP contribution < -0.4 is 5.32 Å². The number of hydrogen-bond donors (Lipinski definition) is 1. The molecule has 0 aromatic rings. The summed E-state index contributed by atoms with van der Waals surface area (Å²) >= 11 is 0. The summed E-state index contributed by atoms with van der Waals surface area (Å²) in [4.78, 5) is 14.4. The maximum atomic E-state index is 12.2. The van der Waals surface area contributed by atoms with Crippen molar-refractivity contribution in [2.45, 2.75) is 70.5 Å². The fraction of sp³-hybridized carbons (Fsp3) is 0.933. The van der Waals surface area contributed by atoms with Gasteiger partial charge in [-0.3, -0.25) is 10.1 Å². The molecule has 0 aromatic carbocycles. The van der Waals surface area contributed by atoms with Crippen molar-refractivity contribution >= 4 is 5.91 Å². The van der Waals surface area contributed by atoms with E-state index in [0.29, 0.717) is 18.0 Å². The molecular weight excluding hydrogens is 224 g/mol. The first-order valence-electron chi connectivity index (χ1n) is 7.82. The first-order chi connectivity index (χ1) is 8.75. The van der Waals surface area contributed by atoms with Gasteiger partial charge in [0.1, 0.15) is 0 Å². The second kappa shape index (κ2) is 5.20. The lowest BCUT2D eigenvalue weighted by atomic mass is 10.0. The summed E-state index contributed by atoms with van der Waals surface area (Å²) in [5, 5.41) is 3.53. The standard InChI is InChI=1S/C15H26N2O/c1-11-15(18)17(10-4-5-12-8-9-12)14(16-11)13-6-2-3-7-13/h11-14,16H,2-10H2,1H3. The number of amides is 1. The maximum absolute atomic E-state index is 12.2. The molecule has 2 unspecified atom stereocenters. The van der Waals surface area contributed by atoms with Gasteiger partial charge in [-0.25, -0.2) is 0 Å². The number of nitrogens with one attached hydrogen (secondary N) is 1. The van der Waals surface area contributed by atoms with Gasteiger partial charge in [-0.15, -0.1) is 0 Å². The van der Waals surface area contributed by atoms with E-state index in [9.17, 15) is 4.79 Å². The van der Waals surface area contributed by atoms with Crippen LogP contribution in [0.5, 0.6) is 0 Å². The van der Waals surface area contributed by atoms with E-state index in [-0.39, 0.29) is 6.04 Å². The zero-order valence-electron chi connectivity index (χ0n) is 11.5. The first kappa shape index (κ1) is 12.5. The van der Waals surface area contributed by atoms with Gasteiger partial charge in [-0.1, -0.05) is 25.7 Å². The summed E-state index contributed by atoms with van der Waals surface area (Å²) in [6, 6.07) is 0.0384. The topological polar surface area (TPSA) is 32.3 Å². The lowest BCUT2D eigenvalue weighted by Crippen LogP contribution is -2.43. The minimum Gasteiger partial charge on any atom is -0.326 e. The van der Waals surface area contributed by atoms with Crippen LogP contribution in [0.4, 0.5) is 0 Å². The predicted molar refractivity (Wildman–Crippen MR) is 72.0 cm³/mol. The summed E-state index contributed by atoms with van der Waals surface area (Å²) < 4.78 is 0. The molecule has 102 valence electrons. The van der Waals surface area contributed by atoms with Gasteiger partial charge in [0.05, 0.1) is 12.2 Å². The van der Waals surface area contributed by atoms with Gasteiger partial charge in [0.25, 0.3) is 0 Å². The molecule has 3 heteroatoms. The SMILES string of the molecule is CC1NC(C2CCCC2)N(CCCC2CC2)C1=O. The van der Waals surface area contributed by atoms with Crippen molar-refractivity contribution < 1.29 is 4.79 Å². The van der Waals surface area contributed by atoms with Crippen LogP contribution in [0.2, 0.25) is 0 Å². The van der Waals surface area contributed by atoms with Crippen molar-refractivity contribution in [1.29, 1.82) is 0 Å². The van der Waals surface area contributed by atoms with E-state index in [1.54, 1.807) is 0 Å². The summed E-state index contributed by atoms with van der Waals surface area (Å²) in [5.41, 5.74) is 0. The fourth-order valence-electron chi connectivity index (χ4n) is 3.67. The van der Waals surface area contributed by atoms with Gasteiger partial charge >= 0.3 is 0 Å². The van der Waals surface area contributed by atoms with Gasteiger partial charge in [0.2, 0.25) is 5.91 Å². The van der Waals surface area contributed by atoms with Crippen LogP contribution in [0.15, 0.2) is 0 Å². The van der Waals surface area contributed by atoms with Crippen LogP contribution in [0.3, 0.4) is 0 Å². The largest absolute Gasteiger partial charge is 0.326 e. The Morgan fingerprint density at radius 1 is 1.22 bits per heavy atom. The molecule has 1 heterocycles. The molecule has 18 heavy (non-hydrogen) atoms. The summed E-state index contributed by atoms with van der Waals surface area (Å²) in [6.45, 7) is 3.00. The monoisotopic (exact) mass is 250 g/mol. The average molecular weight is 250 g/mol. The summed E-state index contributed by atoms with van der Waals surface area (Å²) in [6.07, 6.45) is 11.0. The zero-order valence-corrected chi connectivity index (χ0v) is 11.5. The van der Waals surface area contributed by atoms with Gasteiger partial charge in [-0.2, -0.15) is 0 Å². The van der Waals surface area contributed by atoms with Gasteiger partial charge in [0, 0.05) is 6.54 Å². The van der Waals surface area contributed by atoms with Crippen molar-refractivity contribution in [1.82, 2.24) is 10.2 Å². The van der Waals surface area contributed by atoms with Crippen molar-refractivity contribution in [2.24, 2.45) is 11.8 Å². The molecule has 3 fully saturated rings. The van der Waals surface area contributed by atoms with Crippen molar-refractivity contribution in [3.63, 3.8) is 0 Å². The highest BCUT2D eigenvalue weighted by Gasteiger charge is 2.40. The number of rotatable bonds is 5. The highest BCUT2D eigenvalue weighted by molar-refractivity contribution is 5.83. The van der Waals surface area contributed by atoms with Crippen molar-refractivity contribution in [2.75, 3.05) is 6.54 Å². The van der Waals surface area contributed by atoms with E-state index in [1.165, 1.54) is 51.4 Å². The first-order valence-corrected chi connectivity index (χ1v) is 7.82. The molecular formula is C15H26N2O. The molecule has 3 nitrogen and oxygen atoms in total. The molecule has 0 aromatic heterocycles. The number of carbonyl (C=O) groups excluding carboxylic acids is 1. The molecule has 1 saturated heterocycles. The predicted octanol–water partition coefficient (Wildman–Crippen LogP) is 2.51. The maximum Gasteiger partial charge on any atom is 0.240 e. The lowest BCUT2D eigenvalue weighted by Gasteiger charge is -2.29. The molecule has 2 aliphatic carbocycles. The van der Waals surface area contributed by atoms with E-state index in [4.69, 9.17) is 0 Å². The highest BCUT2D eigenvalue weighted by atomic mass is 16.2. The number of nitrogens with zero attached hydrogens (tertiary/aromatic N) is 1. The average Bonchev–Trinajstić information content (AvgIpc) is 2.94. The second-order valence-corrected chi connectivity index (χ2v) is 6.49. The third kappa shape index (κ3) is 2.56. The van der Waals surface area contributed by atoms with Crippen molar-refractivity contribution in [3.8, 4) is 0 Å². The molecule has 1 N–H and O–H groups in total. The smallest absolute Gasteiger partial charge is 0.240 e. The van der Waals surface area contributed by atoms with Crippen LogP contribution in [-0.4, -0.2) is 29.6 Å². The lowest BCUT2D eigenvalue weighted by molar-refractivity contribution is -0.130. The van der Waals surface area contributed by atoms with Crippen LogP contribution in [-0.2, 0) is 4.79 Å². The molecule has 0 bridgehead atoms. The third-order valence-electron chi connectivity index (χ3n) is 4.96. The van der Waals surface area contributed by atoms with Crippen LogP contribution in [0.1, 0.15) is 58.3 Å². The molecule has 0 radical (unpaired) electrons. The Labute approximate surface area is 110 Å². The molecule has 1 amide bonds. The van der Waals surface area contributed by atoms with Gasteiger partial charge in [-0.05, 0) is 44.4 Å². The molecule has 2 saturated carbocycles. The van der Waals surface area contributed by atoms with Crippen LogP contribution in [0.25, 0.3) is 0 Å². The fourth-order valence-corrected chi connectivity index (χ4v) is 3.67. The minimum absolute atomic E-state index is 0.0384. The summed E-state index contributed by atoms with van der Waals surface area (Å²) in [7, 11) is 0. The zero-order chi connectivity index (χ0) is 12.5. The Morgan fingerprint density at radius 3 is 2.61 bits per heavy atom. The molecule has 1 aliphatic heterocycles. The van der Waals surface area contributed by atoms with E-state index in [1.807, 2.05) is 6.92 Å². The number of carbonyl (C=O) groups is 1. The Hall–Kier alpha value is -0.570. The Kier molecular flexibility index (Phi) is 3.60. The van der Waals surface area contributed by atoms with E-state index in [0.717, 1.165) is 12.5 Å². The normalized spacial score (nSPS) is 33.6. The Morgan fingerprint density at radius 2 is 1.94 bits per heavy atom. The quantitative estimate of drug-likeness (QED) is 0.813. The Bertz CT molecular complexity index is 308. The van der Waals surface area contributed by atoms with Crippen LogP contribution >= 0.6 is 0 Å². The molecule has 3 rings (SSSR count). The third-order valence-corrected chi connectivity index (χ3v) is 4.96. The second-order valence-electron chi connectivity index (χ2n) is 6.49. The van der Waals surface area contributed by atoms with Gasteiger partial charge in [0.15, 0.2) is 0 Å². The Balaban J connectivity index is 1.57. The molecule has 0 spiro atoms. The van der Waals surface area contributed by atoms with E-state index in [2.05, 4.69) is 10.2 Å². The minimum atomic E-state index is 0.0384. The summed E-state index contributed by atoms with van der Waals surface area (Å²) in [5.74, 6) is 2.03.